The second-order valence-electron chi connectivity index (χ2n) is 10.4. The number of aromatic nitrogens is 2. The van der Waals surface area contributed by atoms with Crippen LogP contribution in [0.1, 0.15) is 51.4 Å². The second kappa shape index (κ2) is 8.93. The van der Waals surface area contributed by atoms with Crippen LogP contribution in [-0.4, -0.2) is 20.9 Å². The third-order valence-electron chi connectivity index (χ3n) is 5.38. The number of pyridine rings is 1. The first-order valence-electron chi connectivity index (χ1n) is 11.3. The van der Waals surface area contributed by atoms with Gasteiger partial charge in [-0.15, -0.1) is 0 Å². The van der Waals surface area contributed by atoms with Gasteiger partial charge in [0.2, 0.25) is 0 Å². The van der Waals surface area contributed by atoms with Crippen LogP contribution in [-0.2, 0) is 0 Å². The van der Waals surface area contributed by atoms with Crippen LogP contribution in [0.3, 0.4) is 0 Å². The fourth-order valence-corrected chi connectivity index (χ4v) is 4.44. The van der Waals surface area contributed by atoms with E-state index in [2.05, 4.69) is 44.3 Å². The highest BCUT2D eigenvalue weighted by molar-refractivity contribution is 5.91. The zero-order valence-electron chi connectivity index (χ0n) is 20.2. The van der Waals surface area contributed by atoms with Crippen LogP contribution in [0, 0.1) is 11.2 Å². The molecule has 2 aromatic heterocycles. The molecule has 34 heavy (non-hydrogen) atoms. The summed E-state index contributed by atoms with van der Waals surface area (Å²) in [6.45, 7) is 11.1. The molecule has 0 radical (unpaired) electrons. The lowest BCUT2D eigenvalue weighted by atomic mass is 9.82. The summed E-state index contributed by atoms with van der Waals surface area (Å²) in [4.78, 5) is 17.2. The van der Waals surface area contributed by atoms with Crippen molar-refractivity contribution in [1.29, 1.82) is 0 Å². The highest BCUT2D eigenvalue weighted by Crippen LogP contribution is 2.35. The van der Waals surface area contributed by atoms with E-state index in [1.165, 1.54) is 24.3 Å². The van der Waals surface area contributed by atoms with Crippen molar-refractivity contribution in [1.82, 2.24) is 9.38 Å². The van der Waals surface area contributed by atoms with Gasteiger partial charge in [-0.2, -0.15) is 0 Å². The number of ether oxygens (including phenoxy) is 1. The SMILES string of the molecule is CC(C)(C)CC(C)(C)Nc1c(-c2ccc(OC(=O)c3ccc(F)cc3)cc2)nc2ccccn12. The molecule has 2 heterocycles. The molecule has 0 saturated heterocycles. The Morgan fingerprint density at radius 3 is 2.29 bits per heavy atom. The van der Waals surface area contributed by atoms with Crippen LogP contribution in [0.5, 0.6) is 5.75 Å². The molecule has 6 heteroatoms. The Bertz CT molecular complexity index is 1300. The zero-order valence-corrected chi connectivity index (χ0v) is 20.2. The smallest absolute Gasteiger partial charge is 0.343 e. The van der Waals surface area contributed by atoms with Crippen molar-refractivity contribution >= 4 is 17.4 Å². The van der Waals surface area contributed by atoms with Gasteiger partial charge in [-0.25, -0.2) is 14.2 Å². The fourth-order valence-electron chi connectivity index (χ4n) is 4.44. The van der Waals surface area contributed by atoms with Crippen molar-refractivity contribution in [2.24, 2.45) is 5.41 Å². The number of carbonyl (C=O) groups excluding carboxylic acids is 1. The fraction of sp³-hybridized carbons (Fsp3) is 0.286. The van der Waals surface area contributed by atoms with Crippen LogP contribution < -0.4 is 10.1 Å². The molecule has 0 bridgehead atoms. The van der Waals surface area contributed by atoms with Gasteiger partial charge >= 0.3 is 5.97 Å². The van der Waals surface area contributed by atoms with E-state index >= 15 is 0 Å². The summed E-state index contributed by atoms with van der Waals surface area (Å²) in [5.74, 6) is 0.389. The molecule has 2 aromatic carbocycles. The quantitative estimate of drug-likeness (QED) is 0.249. The molecule has 0 saturated carbocycles. The van der Waals surface area contributed by atoms with Gasteiger partial charge in [-0.1, -0.05) is 26.8 Å². The number of nitrogens with zero attached hydrogens (tertiary/aromatic N) is 2. The Kier molecular flexibility index (Phi) is 6.17. The van der Waals surface area contributed by atoms with E-state index in [1.807, 2.05) is 36.5 Å². The van der Waals surface area contributed by atoms with Gasteiger partial charge in [-0.05, 0) is 86.3 Å². The minimum absolute atomic E-state index is 0.160. The lowest BCUT2D eigenvalue weighted by Crippen LogP contribution is -2.36. The minimum Gasteiger partial charge on any atom is -0.423 e. The highest BCUT2D eigenvalue weighted by atomic mass is 19.1. The average molecular weight is 460 g/mol. The number of anilines is 1. The van der Waals surface area contributed by atoms with Crippen molar-refractivity contribution in [3.05, 3.63) is 84.3 Å². The van der Waals surface area contributed by atoms with Gasteiger partial charge in [0.05, 0.1) is 5.56 Å². The van der Waals surface area contributed by atoms with Crippen LogP contribution in [0.2, 0.25) is 0 Å². The van der Waals surface area contributed by atoms with E-state index in [0.29, 0.717) is 11.3 Å². The van der Waals surface area contributed by atoms with E-state index in [0.717, 1.165) is 29.1 Å². The van der Waals surface area contributed by atoms with E-state index in [4.69, 9.17) is 9.72 Å². The van der Waals surface area contributed by atoms with Crippen LogP contribution in [0.15, 0.2) is 72.9 Å². The maximum absolute atomic E-state index is 13.1. The molecule has 176 valence electrons. The van der Waals surface area contributed by atoms with Crippen molar-refractivity contribution in [2.75, 3.05) is 5.32 Å². The van der Waals surface area contributed by atoms with Crippen molar-refractivity contribution in [2.45, 2.75) is 46.6 Å². The summed E-state index contributed by atoms with van der Waals surface area (Å²) >= 11 is 0. The third kappa shape index (κ3) is 5.45. The molecule has 0 aliphatic heterocycles. The summed E-state index contributed by atoms with van der Waals surface area (Å²) in [5.41, 5.74) is 2.86. The van der Waals surface area contributed by atoms with Crippen molar-refractivity contribution in [3.8, 4) is 17.0 Å². The maximum Gasteiger partial charge on any atom is 0.343 e. The topological polar surface area (TPSA) is 55.6 Å². The van der Waals surface area contributed by atoms with Gasteiger partial charge in [0.1, 0.15) is 28.7 Å². The first-order valence-corrected chi connectivity index (χ1v) is 11.3. The number of halogens is 1. The van der Waals surface area contributed by atoms with Crippen LogP contribution >= 0.6 is 0 Å². The van der Waals surface area contributed by atoms with Gasteiger partial charge in [-0.3, -0.25) is 4.40 Å². The van der Waals surface area contributed by atoms with Gasteiger partial charge in [0, 0.05) is 17.3 Å². The number of rotatable bonds is 6. The van der Waals surface area contributed by atoms with Gasteiger partial charge in [0.25, 0.3) is 0 Å². The lowest BCUT2D eigenvalue weighted by molar-refractivity contribution is 0.0734. The van der Waals surface area contributed by atoms with E-state index in [-0.39, 0.29) is 11.0 Å². The van der Waals surface area contributed by atoms with Gasteiger partial charge in [0.15, 0.2) is 0 Å². The van der Waals surface area contributed by atoms with Crippen LogP contribution in [0.4, 0.5) is 10.2 Å². The van der Waals surface area contributed by atoms with E-state index in [1.54, 1.807) is 12.1 Å². The van der Waals surface area contributed by atoms with Crippen molar-refractivity contribution in [3.63, 3.8) is 0 Å². The normalized spacial score (nSPS) is 12.1. The van der Waals surface area contributed by atoms with Crippen LogP contribution in [0.25, 0.3) is 16.9 Å². The molecular weight excluding hydrogens is 429 g/mol. The number of esters is 1. The second-order valence-corrected chi connectivity index (χ2v) is 10.4. The maximum atomic E-state index is 13.1. The lowest BCUT2D eigenvalue weighted by Gasteiger charge is -2.34. The number of hydrogen-bond acceptors (Lipinski definition) is 4. The van der Waals surface area contributed by atoms with E-state index in [9.17, 15) is 9.18 Å². The molecule has 1 N–H and O–H groups in total. The number of carbonyl (C=O) groups is 1. The Morgan fingerprint density at radius 2 is 1.65 bits per heavy atom. The summed E-state index contributed by atoms with van der Waals surface area (Å²) in [7, 11) is 0. The predicted octanol–water partition coefficient (Wildman–Crippen LogP) is 6.99. The Hall–Kier alpha value is -3.67. The molecule has 0 amide bonds. The first kappa shape index (κ1) is 23.5. The number of nitrogens with one attached hydrogen (secondary N) is 1. The molecular formula is C28H30FN3O2. The molecule has 4 aromatic rings. The highest BCUT2D eigenvalue weighted by Gasteiger charge is 2.28. The summed E-state index contributed by atoms with van der Waals surface area (Å²) in [6.07, 6.45) is 2.97. The number of fused-ring (bicyclic) bond motifs is 1. The standard InChI is InChI=1S/C28H30FN3O2/c1-27(2,3)18-28(4,5)31-25-24(30-23-8-6-7-17-32(23)25)19-11-15-22(16-12-19)34-26(33)20-9-13-21(29)14-10-20/h6-17,31H,18H2,1-5H3. The largest absolute Gasteiger partial charge is 0.423 e. The van der Waals surface area contributed by atoms with E-state index < -0.39 is 11.8 Å². The monoisotopic (exact) mass is 459 g/mol. The molecule has 0 aliphatic carbocycles. The third-order valence-corrected chi connectivity index (χ3v) is 5.38. The predicted molar refractivity (Wildman–Crippen MR) is 134 cm³/mol. The number of imidazole rings is 1. The summed E-state index contributed by atoms with van der Waals surface area (Å²) in [6, 6.07) is 18.5. The molecule has 0 fully saturated rings. The number of hydrogen-bond donors (Lipinski definition) is 1. The molecule has 0 aliphatic rings. The minimum atomic E-state index is -0.535. The average Bonchev–Trinajstić information content (AvgIpc) is 3.11. The Labute approximate surface area is 199 Å². The molecule has 0 unspecified atom stereocenters. The number of benzene rings is 2. The molecule has 0 spiro atoms. The zero-order chi connectivity index (χ0) is 24.5. The molecule has 5 nitrogen and oxygen atoms in total. The van der Waals surface area contributed by atoms with Crippen molar-refractivity contribution < 1.29 is 13.9 Å². The Morgan fingerprint density at radius 1 is 0.971 bits per heavy atom. The first-order chi connectivity index (χ1) is 16.0. The summed E-state index contributed by atoms with van der Waals surface area (Å²) in [5, 5.41) is 3.72. The Balaban J connectivity index is 1.62. The molecule has 0 atom stereocenters. The van der Waals surface area contributed by atoms with Gasteiger partial charge < -0.3 is 10.1 Å². The molecule has 4 rings (SSSR count). The summed E-state index contributed by atoms with van der Waals surface area (Å²) < 4.78 is 20.6.